The zero-order valence-corrected chi connectivity index (χ0v) is 20.4. The number of carbonyl (C=O) groups excluding carboxylic acids is 2. The van der Waals surface area contributed by atoms with Crippen molar-refractivity contribution in [2.24, 2.45) is 0 Å². The predicted octanol–water partition coefficient (Wildman–Crippen LogP) is 6.42. The summed E-state index contributed by atoms with van der Waals surface area (Å²) in [6.07, 6.45) is 1.83. The van der Waals surface area contributed by atoms with E-state index >= 15 is 0 Å². The Kier molecular flexibility index (Phi) is 6.87. The van der Waals surface area contributed by atoms with E-state index in [1.807, 2.05) is 62.4 Å². The van der Waals surface area contributed by atoms with Crippen molar-refractivity contribution in [2.45, 2.75) is 44.9 Å². The fraction of sp³-hybridized carbons (Fsp3) is 0.308. The van der Waals surface area contributed by atoms with Crippen molar-refractivity contribution < 1.29 is 14.3 Å². The number of rotatable bonds is 5. The van der Waals surface area contributed by atoms with Crippen LogP contribution in [-0.2, 0) is 14.3 Å². The number of dihydropyridines is 1. The quantitative estimate of drug-likeness (QED) is 0.468. The van der Waals surface area contributed by atoms with Gasteiger partial charge in [-0.15, -0.1) is 0 Å². The Hall–Kier alpha value is -2.37. The van der Waals surface area contributed by atoms with Crippen LogP contribution in [0.2, 0.25) is 5.02 Å². The number of nitrogens with one attached hydrogen (secondary N) is 1. The van der Waals surface area contributed by atoms with Gasteiger partial charge in [0.05, 0.1) is 12.2 Å². The number of carbonyl (C=O) groups is 2. The van der Waals surface area contributed by atoms with Crippen molar-refractivity contribution >= 4 is 39.3 Å². The summed E-state index contributed by atoms with van der Waals surface area (Å²) in [5.41, 5.74) is 4.81. The van der Waals surface area contributed by atoms with E-state index in [1.54, 1.807) is 0 Å². The molecule has 0 saturated heterocycles. The van der Waals surface area contributed by atoms with Gasteiger partial charge in [-0.25, -0.2) is 4.79 Å². The van der Waals surface area contributed by atoms with E-state index in [0.29, 0.717) is 35.6 Å². The summed E-state index contributed by atoms with van der Waals surface area (Å²) in [6.45, 7) is 4.19. The lowest BCUT2D eigenvalue weighted by atomic mass is 9.72. The lowest BCUT2D eigenvalue weighted by Gasteiger charge is -2.36. The van der Waals surface area contributed by atoms with Gasteiger partial charge in [-0.3, -0.25) is 4.79 Å². The first-order valence-electron chi connectivity index (χ1n) is 10.8. The maximum absolute atomic E-state index is 13.5. The van der Waals surface area contributed by atoms with Gasteiger partial charge in [0.15, 0.2) is 5.78 Å². The summed E-state index contributed by atoms with van der Waals surface area (Å²) in [5, 5.41) is 4.06. The highest BCUT2D eigenvalue weighted by atomic mass is 79.9. The molecule has 4 nitrogen and oxygen atoms in total. The Balaban J connectivity index is 1.76. The highest BCUT2D eigenvalue weighted by Crippen LogP contribution is 2.45. The van der Waals surface area contributed by atoms with Crippen LogP contribution in [0.25, 0.3) is 0 Å². The van der Waals surface area contributed by atoms with Crippen LogP contribution in [-0.4, -0.2) is 18.4 Å². The van der Waals surface area contributed by atoms with E-state index in [0.717, 1.165) is 33.4 Å². The number of ketones is 1. The van der Waals surface area contributed by atoms with Gasteiger partial charge in [0.2, 0.25) is 0 Å². The Morgan fingerprint density at radius 1 is 1.09 bits per heavy atom. The van der Waals surface area contributed by atoms with Gasteiger partial charge in [-0.05, 0) is 61.1 Å². The highest BCUT2D eigenvalue weighted by molar-refractivity contribution is 9.10. The second-order valence-corrected chi connectivity index (χ2v) is 9.61. The van der Waals surface area contributed by atoms with Gasteiger partial charge in [0, 0.05) is 38.8 Å². The molecule has 1 aliphatic heterocycles. The molecule has 0 unspecified atom stereocenters. The van der Waals surface area contributed by atoms with Crippen molar-refractivity contribution in [2.75, 3.05) is 6.61 Å². The smallest absolute Gasteiger partial charge is 0.336 e. The van der Waals surface area contributed by atoms with E-state index < -0.39 is 5.92 Å². The molecule has 0 saturated carbocycles. The van der Waals surface area contributed by atoms with E-state index in [4.69, 9.17) is 16.3 Å². The van der Waals surface area contributed by atoms with Crippen LogP contribution in [0.1, 0.15) is 56.1 Å². The summed E-state index contributed by atoms with van der Waals surface area (Å²) < 4.78 is 6.44. The molecule has 6 heteroatoms. The first-order valence-corrected chi connectivity index (χ1v) is 12.0. The Labute approximate surface area is 201 Å². The molecule has 4 rings (SSSR count). The minimum absolute atomic E-state index is 0.0555. The number of esters is 1. The topological polar surface area (TPSA) is 55.4 Å². The fourth-order valence-corrected chi connectivity index (χ4v) is 4.93. The molecule has 0 amide bonds. The standard InChI is InChI=1S/C26H25BrClNO3/c1-3-12-32-26(31)23-15(2)29-21-13-18(16-6-10-20(28)11-7-16)14-22(30)25(21)24(23)17-4-8-19(27)9-5-17/h4-11,18,24,29H,3,12-14H2,1-2H3/t18-,24+/m1/s1. The number of Topliss-reactive ketones (excluding diaryl/α,β-unsaturated/α-hetero) is 1. The van der Waals surface area contributed by atoms with Gasteiger partial charge in [-0.2, -0.15) is 0 Å². The third-order valence-corrected chi connectivity index (χ3v) is 6.81. The predicted molar refractivity (Wildman–Crippen MR) is 129 cm³/mol. The molecule has 0 spiro atoms. The molecular weight excluding hydrogens is 490 g/mol. The largest absolute Gasteiger partial charge is 0.462 e. The van der Waals surface area contributed by atoms with E-state index in [2.05, 4.69) is 21.2 Å². The van der Waals surface area contributed by atoms with Crippen LogP contribution in [0.4, 0.5) is 0 Å². The van der Waals surface area contributed by atoms with Gasteiger partial charge < -0.3 is 10.1 Å². The van der Waals surface area contributed by atoms with Crippen molar-refractivity contribution in [3.8, 4) is 0 Å². The molecule has 2 aromatic carbocycles. The van der Waals surface area contributed by atoms with Gasteiger partial charge >= 0.3 is 5.97 Å². The van der Waals surface area contributed by atoms with Crippen LogP contribution in [0.3, 0.4) is 0 Å². The zero-order valence-electron chi connectivity index (χ0n) is 18.1. The second-order valence-electron chi connectivity index (χ2n) is 8.26. The number of halogens is 2. The van der Waals surface area contributed by atoms with Gasteiger partial charge in [-0.1, -0.05) is 58.7 Å². The van der Waals surface area contributed by atoms with Crippen LogP contribution in [0, 0.1) is 0 Å². The lowest BCUT2D eigenvalue weighted by Crippen LogP contribution is -2.36. The molecule has 0 aromatic heterocycles. The van der Waals surface area contributed by atoms with Crippen LogP contribution in [0.15, 0.2) is 75.5 Å². The molecule has 166 valence electrons. The summed E-state index contributed by atoms with van der Waals surface area (Å²) in [7, 11) is 0. The summed E-state index contributed by atoms with van der Waals surface area (Å²) in [4.78, 5) is 26.6. The summed E-state index contributed by atoms with van der Waals surface area (Å²) in [5.74, 6) is -0.691. The Morgan fingerprint density at radius 3 is 2.41 bits per heavy atom. The average molecular weight is 515 g/mol. The van der Waals surface area contributed by atoms with Crippen LogP contribution >= 0.6 is 27.5 Å². The van der Waals surface area contributed by atoms with E-state index in [1.165, 1.54) is 0 Å². The summed E-state index contributed by atoms with van der Waals surface area (Å²) >= 11 is 9.52. The molecule has 1 N–H and O–H groups in total. The normalized spacial score (nSPS) is 20.7. The van der Waals surface area contributed by atoms with E-state index in [9.17, 15) is 9.59 Å². The SMILES string of the molecule is CCCOC(=O)C1=C(C)NC2=C(C(=O)C[C@H](c3ccc(Cl)cc3)C2)[C@H]1c1ccc(Br)cc1. The van der Waals surface area contributed by atoms with Crippen LogP contribution < -0.4 is 5.32 Å². The molecule has 1 heterocycles. The minimum atomic E-state index is -0.442. The maximum atomic E-state index is 13.5. The molecule has 0 fully saturated rings. The average Bonchev–Trinajstić information content (AvgIpc) is 2.77. The van der Waals surface area contributed by atoms with Gasteiger partial charge in [0.25, 0.3) is 0 Å². The maximum Gasteiger partial charge on any atom is 0.336 e. The number of benzene rings is 2. The monoisotopic (exact) mass is 513 g/mol. The van der Waals surface area contributed by atoms with Crippen molar-refractivity contribution in [1.29, 1.82) is 0 Å². The van der Waals surface area contributed by atoms with Crippen molar-refractivity contribution in [1.82, 2.24) is 5.32 Å². The molecule has 2 aliphatic rings. The number of hydrogen-bond donors (Lipinski definition) is 1. The molecule has 0 radical (unpaired) electrons. The zero-order chi connectivity index (χ0) is 22.8. The third-order valence-electron chi connectivity index (χ3n) is 6.03. The molecule has 1 aliphatic carbocycles. The number of ether oxygens (including phenoxy) is 1. The highest BCUT2D eigenvalue weighted by Gasteiger charge is 2.41. The minimum Gasteiger partial charge on any atom is -0.462 e. The third kappa shape index (κ3) is 4.55. The Bertz CT molecular complexity index is 1100. The lowest BCUT2D eigenvalue weighted by molar-refractivity contribution is -0.139. The number of allylic oxidation sites excluding steroid dienone is 3. The fourth-order valence-electron chi connectivity index (χ4n) is 4.54. The number of hydrogen-bond acceptors (Lipinski definition) is 4. The molecule has 2 atom stereocenters. The van der Waals surface area contributed by atoms with Gasteiger partial charge in [0.1, 0.15) is 0 Å². The first kappa shape index (κ1) is 22.8. The van der Waals surface area contributed by atoms with Crippen LogP contribution in [0.5, 0.6) is 0 Å². The molecule has 32 heavy (non-hydrogen) atoms. The molecule has 0 bridgehead atoms. The summed E-state index contributed by atoms with van der Waals surface area (Å²) in [6, 6.07) is 15.5. The molecule has 2 aromatic rings. The van der Waals surface area contributed by atoms with E-state index in [-0.39, 0.29) is 17.7 Å². The molecular formula is C26H25BrClNO3. The van der Waals surface area contributed by atoms with Crippen molar-refractivity contribution in [3.05, 3.63) is 91.7 Å². The Morgan fingerprint density at radius 2 is 1.75 bits per heavy atom. The first-order chi connectivity index (χ1) is 15.4. The second kappa shape index (κ2) is 9.63. The van der Waals surface area contributed by atoms with Crippen molar-refractivity contribution in [3.63, 3.8) is 0 Å².